The lowest BCUT2D eigenvalue weighted by atomic mass is 9.86. The van der Waals surface area contributed by atoms with Gasteiger partial charge in [0.05, 0.1) is 18.8 Å². The topological polar surface area (TPSA) is 63.0 Å². The van der Waals surface area contributed by atoms with Crippen LogP contribution in [-0.2, 0) is 22.6 Å². The smallest absolute Gasteiger partial charge is 0.263 e. The van der Waals surface area contributed by atoms with E-state index in [1.807, 2.05) is 24.3 Å². The first-order valence-corrected chi connectivity index (χ1v) is 13.3. The minimum atomic E-state index is -0.657. The van der Waals surface area contributed by atoms with E-state index in [0.29, 0.717) is 18.8 Å². The quantitative estimate of drug-likeness (QED) is 0.419. The van der Waals surface area contributed by atoms with Gasteiger partial charge in [0.15, 0.2) is 6.10 Å². The van der Waals surface area contributed by atoms with Crippen LogP contribution >= 0.6 is 0 Å². The molecule has 2 amide bonds. The maximum atomic E-state index is 13.7. The van der Waals surface area contributed by atoms with Crippen molar-refractivity contribution < 1.29 is 18.7 Å². The Morgan fingerprint density at radius 3 is 2.65 bits per heavy atom. The standard InChI is InChI=1S/C31H36N2O4/c1-21-8-6-11-25(18-21)29-28-19-26(37-22(2)30(34)32(3)20-27-12-7-17-36-27)14-13-23(28)15-16-33(29)31(35)24-9-4-5-10-24/h6-8,11-14,17-19,22,24,29H,4-5,9-10,15-16,20H2,1-3H3/t22-,29+/m1/s1. The first-order chi connectivity index (χ1) is 17.9. The Labute approximate surface area is 219 Å². The lowest BCUT2D eigenvalue weighted by Crippen LogP contribution is -2.43. The molecule has 37 heavy (non-hydrogen) atoms. The summed E-state index contributed by atoms with van der Waals surface area (Å²) in [7, 11) is 1.75. The molecule has 6 heteroatoms. The molecule has 0 bridgehead atoms. The van der Waals surface area contributed by atoms with Gasteiger partial charge >= 0.3 is 0 Å². The molecule has 3 aromatic rings. The number of fused-ring (bicyclic) bond motifs is 1. The molecule has 2 heterocycles. The van der Waals surface area contributed by atoms with Crippen molar-refractivity contribution in [3.63, 3.8) is 0 Å². The number of furan rings is 1. The number of carbonyl (C=O) groups excluding carboxylic acids is 2. The molecule has 0 spiro atoms. The summed E-state index contributed by atoms with van der Waals surface area (Å²) >= 11 is 0. The molecule has 0 unspecified atom stereocenters. The second kappa shape index (κ2) is 10.8. The van der Waals surface area contributed by atoms with Crippen LogP contribution in [0.4, 0.5) is 0 Å². The first-order valence-electron chi connectivity index (χ1n) is 13.3. The van der Waals surface area contributed by atoms with Crippen LogP contribution in [0.25, 0.3) is 0 Å². The van der Waals surface area contributed by atoms with Gasteiger partial charge < -0.3 is 19.0 Å². The van der Waals surface area contributed by atoms with Crippen LogP contribution < -0.4 is 4.74 Å². The Morgan fingerprint density at radius 2 is 1.92 bits per heavy atom. The average molecular weight is 501 g/mol. The van der Waals surface area contributed by atoms with E-state index in [9.17, 15) is 9.59 Å². The number of hydrogen-bond acceptors (Lipinski definition) is 4. The summed E-state index contributed by atoms with van der Waals surface area (Å²) in [6.07, 6.45) is 5.99. The zero-order valence-electron chi connectivity index (χ0n) is 22.0. The highest BCUT2D eigenvalue weighted by Crippen LogP contribution is 2.40. The summed E-state index contributed by atoms with van der Waals surface area (Å²) in [4.78, 5) is 30.4. The van der Waals surface area contributed by atoms with Crippen molar-refractivity contribution in [1.29, 1.82) is 0 Å². The maximum Gasteiger partial charge on any atom is 0.263 e. The van der Waals surface area contributed by atoms with Crippen LogP contribution in [0.3, 0.4) is 0 Å². The number of nitrogens with zero attached hydrogens (tertiary/aromatic N) is 2. The molecule has 6 nitrogen and oxygen atoms in total. The Morgan fingerprint density at radius 1 is 1.11 bits per heavy atom. The van der Waals surface area contributed by atoms with E-state index in [1.54, 1.807) is 25.1 Å². The van der Waals surface area contributed by atoms with Crippen LogP contribution in [0, 0.1) is 12.8 Å². The lowest BCUT2D eigenvalue weighted by Gasteiger charge is -2.39. The molecule has 2 aliphatic rings. The molecule has 2 atom stereocenters. The zero-order chi connectivity index (χ0) is 25.9. The van der Waals surface area contributed by atoms with Gasteiger partial charge in [-0.2, -0.15) is 0 Å². The van der Waals surface area contributed by atoms with Crippen LogP contribution in [0.15, 0.2) is 65.3 Å². The predicted molar refractivity (Wildman–Crippen MR) is 142 cm³/mol. The minimum Gasteiger partial charge on any atom is -0.481 e. The van der Waals surface area contributed by atoms with Gasteiger partial charge in [0, 0.05) is 19.5 Å². The zero-order valence-corrected chi connectivity index (χ0v) is 22.0. The fourth-order valence-electron chi connectivity index (χ4n) is 5.79. The van der Waals surface area contributed by atoms with Crippen molar-refractivity contribution in [1.82, 2.24) is 9.80 Å². The second-order valence-electron chi connectivity index (χ2n) is 10.5. The third-order valence-corrected chi connectivity index (χ3v) is 7.70. The highest BCUT2D eigenvalue weighted by atomic mass is 16.5. The molecular formula is C31H36N2O4. The molecule has 5 rings (SSSR count). The van der Waals surface area contributed by atoms with E-state index >= 15 is 0 Å². The van der Waals surface area contributed by atoms with E-state index in [4.69, 9.17) is 9.15 Å². The van der Waals surface area contributed by atoms with Crippen LogP contribution in [-0.4, -0.2) is 41.3 Å². The fraction of sp³-hybridized carbons (Fsp3) is 0.419. The third-order valence-electron chi connectivity index (χ3n) is 7.70. The molecular weight excluding hydrogens is 464 g/mol. The number of aryl methyl sites for hydroxylation is 1. The molecule has 1 aliphatic carbocycles. The minimum absolute atomic E-state index is 0.121. The molecule has 0 saturated heterocycles. The highest BCUT2D eigenvalue weighted by Gasteiger charge is 2.36. The van der Waals surface area contributed by atoms with E-state index < -0.39 is 6.10 Å². The number of rotatable bonds is 7. The van der Waals surface area contributed by atoms with Crippen molar-refractivity contribution >= 4 is 11.8 Å². The van der Waals surface area contributed by atoms with E-state index in [0.717, 1.165) is 49.0 Å². The number of carbonyl (C=O) groups is 2. The van der Waals surface area contributed by atoms with E-state index in [1.165, 1.54) is 11.1 Å². The van der Waals surface area contributed by atoms with Gasteiger partial charge in [-0.05, 0) is 74.1 Å². The Kier molecular flexibility index (Phi) is 7.36. The van der Waals surface area contributed by atoms with E-state index in [-0.39, 0.29) is 23.8 Å². The first kappa shape index (κ1) is 25.1. The van der Waals surface area contributed by atoms with Crippen LogP contribution in [0.1, 0.15) is 66.7 Å². The molecule has 1 saturated carbocycles. The number of likely N-dealkylation sites (N-methyl/N-ethyl adjacent to an activating group) is 1. The summed E-state index contributed by atoms with van der Waals surface area (Å²) in [6.45, 7) is 4.96. The number of hydrogen-bond donors (Lipinski definition) is 0. The van der Waals surface area contributed by atoms with Gasteiger partial charge in [-0.15, -0.1) is 0 Å². The van der Waals surface area contributed by atoms with Crippen molar-refractivity contribution in [2.45, 2.75) is 64.6 Å². The van der Waals surface area contributed by atoms with Gasteiger partial charge in [0.25, 0.3) is 5.91 Å². The molecule has 1 aliphatic heterocycles. The predicted octanol–water partition coefficient (Wildman–Crippen LogP) is 5.68. The molecule has 194 valence electrons. The lowest BCUT2D eigenvalue weighted by molar-refractivity contribution is -0.137. The van der Waals surface area contributed by atoms with Gasteiger partial charge in [0.2, 0.25) is 5.91 Å². The Balaban J connectivity index is 1.41. The molecule has 1 aromatic heterocycles. The van der Waals surface area contributed by atoms with Crippen LogP contribution in [0.5, 0.6) is 5.75 Å². The summed E-state index contributed by atoms with van der Waals surface area (Å²) in [5, 5.41) is 0. The normalized spacial score (nSPS) is 18.4. The van der Waals surface area contributed by atoms with Gasteiger partial charge in [-0.3, -0.25) is 9.59 Å². The second-order valence-corrected chi connectivity index (χ2v) is 10.5. The summed E-state index contributed by atoms with van der Waals surface area (Å²) in [5.74, 6) is 1.63. The summed E-state index contributed by atoms with van der Waals surface area (Å²) in [6, 6.07) is 18.0. The largest absolute Gasteiger partial charge is 0.481 e. The van der Waals surface area contributed by atoms with Gasteiger partial charge in [0.1, 0.15) is 11.5 Å². The third kappa shape index (κ3) is 5.43. The molecule has 2 aromatic carbocycles. The number of ether oxygens (including phenoxy) is 1. The Hall–Kier alpha value is -3.54. The van der Waals surface area contributed by atoms with Crippen molar-refractivity contribution in [3.05, 3.63) is 88.9 Å². The van der Waals surface area contributed by atoms with Gasteiger partial charge in [-0.1, -0.05) is 48.7 Å². The maximum absolute atomic E-state index is 13.7. The molecule has 1 fully saturated rings. The van der Waals surface area contributed by atoms with Crippen molar-refractivity contribution in [3.8, 4) is 5.75 Å². The summed E-state index contributed by atoms with van der Waals surface area (Å²) < 4.78 is 11.5. The van der Waals surface area contributed by atoms with Crippen molar-refractivity contribution in [2.75, 3.05) is 13.6 Å². The fourth-order valence-corrected chi connectivity index (χ4v) is 5.79. The molecule has 0 radical (unpaired) electrons. The van der Waals surface area contributed by atoms with Gasteiger partial charge in [-0.25, -0.2) is 0 Å². The highest BCUT2D eigenvalue weighted by molar-refractivity contribution is 5.81. The Bertz CT molecular complexity index is 1250. The number of amides is 2. The monoisotopic (exact) mass is 500 g/mol. The SMILES string of the molecule is Cc1cccc([C@H]2c3cc(O[C@H](C)C(=O)N(C)Cc4ccco4)ccc3CCN2C(=O)C2CCCC2)c1. The summed E-state index contributed by atoms with van der Waals surface area (Å²) in [5.41, 5.74) is 4.60. The van der Waals surface area contributed by atoms with E-state index in [2.05, 4.69) is 42.2 Å². The average Bonchev–Trinajstić information content (AvgIpc) is 3.62. The number of benzene rings is 2. The molecule has 0 N–H and O–H groups in total. The van der Waals surface area contributed by atoms with Crippen LogP contribution in [0.2, 0.25) is 0 Å². The van der Waals surface area contributed by atoms with Crippen molar-refractivity contribution in [2.24, 2.45) is 5.92 Å².